The summed E-state index contributed by atoms with van der Waals surface area (Å²) in [4.78, 5) is 12.1. The highest BCUT2D eigenvalue weighted by molar-refractivity contribution is 5.80. The molecule has 0 fully saturated rings. The van der Waals surface area contributed by atoms with Crippen molar-refractivity contribution in [3.8, 4) is 0 Å². The van der Waals surface area contributed by atoms with E-state index < -0.39 is 0 Å². The van der Waals surface area contributed by atoms with Crippen LogP contribution in [-0.2, 0) is 0 Å². The molecule has 0 radical (unpaired) electrons. The van der Waals surface area contributed by atoms with Gasteiger partial charge in [0.05, 0.1) is 11.6 Å². The third-order valence-corrected chi connectivity index (χ3v) is 1.72. The van der Waals surface area contributed by atoms with Crippen molar-refractivity contribution in [1.82, 2.24) is 9.89 Å². The SMILES string of the molecule is Nn1ncc2ccccc2c1=O. The summed E-state index contributed by atoms with van der Waals surface area (Å²) in [6, 6.07) is 7.19. The second kappa shape index (κ2) is 2.34. The van der Waals surface area contributed by atoms with Crippen LogP contribution in [0, 0.1) is 0 Å². The highest BCUT2D eigenvalue weighted by atomic mass is 16.1. The van der Waals surface area contributed by atoms with E-state index >= 15 is 0 Å². The molecule has 1 aromatic carbocycles. The third-order valence-electron chi connectivity index (χ3n) is 1.72. The van der Waals surface area contributed by atoms with Crippen molar-refractivity contribution in [3.63, 3.8) is 0 Å². The van der Waals surface area contributed by atoms with Gasteiger partial charge < -0.3 is 5.84 Å². The Labute approximate surface area is 68.2 Å². The summed E-state index contributed by atoms with van der Waals surface area (Å²) >= 11 is 0. The second-order valence-electron chi connectivity index (χ2n) is 2.48. The molecule has 0 aliphatic carbocycles. The Morgan fingerprint density at radius 1 is 1.33 bits per heavy atom. The summed E-state index contributed by atoms with van der Waals surface area (Å²) in [5, 5.41) is 5.09. The Balaban J connectivity index is 3.01. The monoisotopic (exact) mass is 161 g/mol. The van der Waals surface area contributed by atoms with Crippen LogP contribution in [0.3, 0.4) is 0 Å². The smallest absolute Gasteiger partial charge is 0.293 e. The highest BCUT2D eigenvalue weighted by Gasteiger charge is 1.98. The molecule has 0 spiro atoms. The average molecular weight is 161 g/mol. The summed E-state index contributed by atoms with van der Waals surface area (Å²) in [6.45, 7) is 0. The number of hydrogen-bond acceptors (Lipinski definition) is 3. The fourth-order valence-corrected chi connectivity index (χ4v) is 1.10. The van der Waals surface area contributed by atoms with Crippen molar-refractivity contribution in [2.45, 2.75) is 0 Å². The molecule has 4 nitrogen and oxygen atoms in total. The lowest BCUT2D eigenvalue weighted by atomic mass is 10.2. The van der Waals surface area contributed by atoms with E-state index in [9.17, 15) is 4.79 Å². The molecular weight excluding hydrogens is 154 g/mol. The molecule has 0 saturated heterocycles. The van der Waals surface area contributed by atoms with Gasteiger partial charge >= 0.3 is 0 Å². The first-order valence-electron chi connectivity index (χ1n) is 3.51. The van der Waals surface area contributed by atoms with E-state index in [4.69, 9.17) is 5.84 Å². The van der Waals surface area contributed by atoms with Gasteiger partial charge in [-0.15, -0.1) is 4.79 Å². The van der Waals surface area contributed by atoms with E-state index in [1.807, 2.05) is 12.1 Å². The van der Waals surface area contributed by atoms with E-state index in [2.05, 4.69) is 5.10 Å². The van der Waals surface area contributed by atoms with Gasteiger partial charge in [0.2, 0.25) is 0 Å². The Kier molecular flexibility index (Phi) is 1.33. The van der Waals surface area contributed by atoms with Crippen molar-refractivity contribution in [3.05, 3.63) is 40.8 Å². The lowest BCUT2D eigenvalue weighted by Gasteiger charge is -1.97. The summed E-state index contributed by atoms with van der Waals surface area (Å²) in [6.07, 6.45) is 1.57. The molecule has 60 valence electrons. The molecular formula is C8H7N3O. The maximum absolute atomic E-state index is 11.3. The average Bonchev–Trinajstić information content (AvgIpc) is 2.12. The van der Waals surface area contributed by atoms with E-state index in [-0.39, 0.29) is 5.56 Å². The zero-order valence-corrected chi connectivity index (χ0v) is 6.27. The number of nitrogens with zero attached hydrogens (tertiary/aromatic N) is 2. The molecule has 2 rings (SSSR count). The van der Waals surface area contributed by atoms with Crippen molar-refractivity contribution < 1.29 is 0 Å². The Bertz CT molecular complexity index is 475. The maximum atomic E-state index is 11.3. The van der Waals surface area contributed by atoms with Gasteiger partial charge in [-0.1, -0.05) is 18.2 Å². The number of hydrogen-bond donors (Lipinski definition) is 1. The predicted octanol–water partition coefficient (Wildman–Crippen LogP) is 0.110. The Morgan fingerprint density at radius 2 is 2.08 bits per heavy atom. The molecule has 0 atom stereocenters. The molecule has 1 heterocycles. The molecule has 0 unspecified atom stereocenters. The standard InChI is InChI=1S/C8H7N3O/c9-11-8(12)7-4-2-1-3-6(7)5-10-11/h1-5H,9H2. The van der Waals surface area contributed by atoms with Gasteiger partial charge in [-0.3, -0.25) is 4.79 Å². The van der Waals surface area contributed by atoms with Crippen LogP contribution in [-0.4, -0.2) is 9.89 Å². The molecule has 12 heavy (non-hydrogen) atoms. The van der Waals surface area contributed by atoms with Gasteiger partial charge in [0, 0.05) is 5.39 Å². The molecule has 4 heteroatoms. The van der Waals surface area contributed by atoms with Gasteiger partial charge in [0.1, 0.15) is 0 Å². The number of nitrogen functional groups attached to an aromatic ring is 1. The number of fused-ring (bicyclic) bond motifs is 1. The van der Waals surface area contributed by atoms with Gasteiger partial charge in [-0.05, 0) is 6.07 Å². The summed E-state index contributed by atoms with van der Waals surface area (Å²) in [7, 11) is 0. The van der Waals surface area contributed by atoms with Crippen molar-refractivity contribution in [2.75, 3.05) is 5.84 Å². The second-order valence-corrected chi connectivity index (χ2v) is 2.48. The van der Waals surface area contributed by atoms with Gasteiger partial charge in [-0.2, -0.15) is 5.10 Å². The molecule has 1 aromatic heterocycles. The van der Waals surface area contributed by atoms with Crippen LogP contribution in [0.25, 0.3) is 10.8 Å². The predicted molar refractivity (Wildman–Crippen MR) is 46.2 cm³/mol. The van der Waals surface area contributed by atoms with Crippen LogP contribution < -0.4 is 11.4 Å². The number of aromatic nitrogens is 2. The van der Waals surface area contributed by atoms with E-state index in [0.29, 0.717) is 5.39 Å². The van der Waals surface area contributed by atoms with Crippen LogP contribution in [0.15, 0.2) is 35.3 Å². The van der Waals surface area contributed by atoms with Gasteiger partial charge in [0.25, 0.3) is 5.56 Å². The molecule has 0 saturated carbocycles. The third kappa shape index (κ3) is 0.852. The maximum Gasteiger partial charge on any atom is 0.293 e. The zero-order chi connectivity index (χ0) is 8.55. The number of nitrogens with two attached hydrogens (primary N) is 1. The first kappa shape index (κ1) is 6.84. The minimum Gasteiger partial charge on any atom is -0.320 e. The van der Waals surface area contributed by atoms with Crippen LogP contribution >= 0.6 is 0 Å². The molecule has 2 N–H and O–H groups in total. The molecule has 0 bridgehead atoms. The largest absolute Gasteiger partial charge is 0.320 e. The summed E-state index contributed by atoms with van der Waals surface area (Å²) in [5.74, 6) is 5.28. The van der Waals surface area contributed by atoms with Crippen molar-refractivity contribution in [1.29, 1.82) is 0 Å². The Morgan fingerprint density at radius 3 is 2.92 bits per heavy atom. The minimum absolute atomic E-state index is 0.270. The summed E-state index contributed by atoms with van der Waals surface area (Å²) < 4.78 is 0. The first-order valence-corrected chi connectivity index (χ1v) is 3.51. The molecule has 0 amide bonds. The van der Waals surface area contributed by atoms with Crippen molar-refractivity contribution >= 4 is 10.8 Å². The minimum atomic E-state index is -0.270. The van der Waals surface area contributed by atoms with Gasteiger partial charge in [0.15, 0.2) is 0 Å². The lowest BCUT2D eigenvalue weighted by molar-refractivity contribution is 0.776. The van der Waals surface area contributed by atoms with E-state index in [1.165, 1.54) is 0 Å². The molecule has 0 aliphatic heterocycles. The zero-order valence-electron chi connectivity index (χ0n) is 6.27. The summed E-state index contributed by atoms with van der Waals surface area (Å²) in [5.41, 5.74) is -0.270. The molecule has 0 aliphatic rings. The lowest BCUT2D eigenvalue weighted by Crippen LogP contribution is -2.29. The van der Waals surface area contributed by atoms with E-state index in [1.54, 1.807) is 18.3 Å². The van der Waals surface area contributed by atoms with Crippen LogP contribution in [0.5, 0.6) is 0 Å². The number of benzene rings is 1. The Hall–Kier alpha value is -1.84. The first-order chi connectivity index (χ1) is 5.79. The fourth-order valence-electron chi connectivity index (χ4n) is 1.10. The van der Waals surface area contributed by atoms with Gasteiger partial charge in [-0.25, -0.2) is 0 Å². The molecule has 2 aromatic rings. The highest BCUT2D eigenvalue weighted by Crippen LogP contribution is 2.04. The van der Waals surface area contributed by atoms with Crippen LogP contribution in [0.4, 0.5) is 0 Å². The van der Waals surface area contributed by atoms with Crippen molar-refractivity contribution in [2.24, 2.45) is 0 Å². The fraction of sp³-hybridized carbons (Fsp3) is 0. The number of rotatable bonds is 0. The topological polar surface area (TPSA) is 60.9 Å². The normalized spacial score (nSPS) is 10.3. The van der Waals surface area contributed by atoms with Crippen LogP contribution in [0.1, 0.15) is 0 Å². The van der Waals surface area contributed by atoms with Crippen LogP contribution in [0.2, 0.25) is 0 Å². The van der Waals surface area contributed by atoms with E-state index in [0.717, 1.165) is 10.2 Å². The quantitative estimate of drug-likeness (QED) is 0.558.